The van der Waals surface area contributed by atoms with Gasteiger partial charge in [0.05, 0.1) is 18.9 Å². The maximum Gasteiger partial charge on any atom is 0.315 e. The van der Waals surface area contributed by atoms with Crippen LogP contribution in [-0.4, -0.2) is 30.8 Å². The molecule has 2 amide bonds. The summed E-state index contributed by atoms with van der Waals surface area (Å²) in [5.41, 5.74) is 1.65. The monoisotopic (exact) mass is 366 g/mol. The average Bonchev–Trinajstić information content (AvgIpc) is 3.25. The first-order chi connectivity index (χ1) is 13.2. The highest BCUT2D eigenvalue weighted by molar-refractivity contribution is 5.73. The van der Waals surface area contributed by atoms with E-state index < -0.39 is 6.10 Å². The fourth-order valence-corrected chi connectivity index (χ4v) is 2.53. The van der Waals surface area contributed by atoms with Crippen LogP contribution in [0.3, 0.4) is 0 Å². The zero-order valence-corrected chi connectivity index (χ0v) is 14.8. The molecule has 0 spiro atoms. The predicted octanol–water partition coefficient (Wildman–Crippen LogP) is 3.36. The summed E-state index contributed by atoms with van der Waals surface area (Å²) in [4.78, 5) is 11.8. The van der Waals surface area contributed by atoms with Gasteiger partial charge in [0, 0.05) is 12.1 Å². The van der Waals surface area contributed by atoms with Crippen molar-refractivity contribution in [2.75, 3.05) is 19.7 Å². The molecule has 0 fully saturated rings. The molecule has 0 aliphatic heterocycles. The van der Waals surface area contributed by atoms with Crippen molar-refractivity contribution in [2.45, 2.75) is 6.10 Å². The van der Waals surface area contributed by atoms with Crippen molar-refractivity contribution in [3.63, 3.8) is 0 Å². The van der Waals surface area contributed by atoms with E-state index in [0.717, 1.165) is 22.6 Å². The number of carbonyl (C=O) groups excluding carboxylic acids is 1. The van der Waals surface area contributed by atoms with Crippen LogP contribution in [0.15, 0.2) is 77.4 Å². The first-order valence-corrected chi connectivity index (χ1v) is 8.74. The quantitative estimate of drug-likeness (QED) is 0.534. The molecule has 6 heteroatoms. The summed E-state index contributed by atoms with van der Waals surface area (Å²) in [7, 11) is 0. The molecular weight excluding hydrogens is 344 g/mol. The van der Waals surface area contributed by atoms with Gasteiger partial charge in [0.2, 0.25) is 0 Å². The second-order valence-corrected chi connectivity index (χ2v) is 5.91. The zero-order chi connectivity index (χ0) is 18.9. The van der Waals surface area contributed by atoms with Gasteiger partial charge < -0.3 is 24.9 Å². The molecule has 0 unspecified atom stereocenters. The Kier molecular flexibility index (Phi) is 6.49. The smallest absolute Gasteiger partial charge is 0.315 e. The number of ether oxygens (including phenoxy) is 1. The van der Waals surface area contributed by atoms with Gasteiger partial charge in [-0.1, -0.05) is 42.5 Å². The third kappa shape index (κ3) is 5.62. The molecule has 3 N–H and O–H groups in total. The number of rotatable bonds is 8. The highest BCUT2D eigenvalue weighted by Crippen LogP contribution is 2.22. The number of furan rings is 1. The molecule has 0 saturated carbocycles. The predicted molar refractivity (Wildman–Crippen MR) is 102 cm³/mol. The van der Waals surface area contributed by atoms with Crippen molar-refractivity contribution >= 4 is 6.03 Å². The number of hydrogen-bond donors (Lipinski definition) is 3. The van der Waals surface area contributed by atoms with Gasteiger partial charge in [0.15, 0.2) is 0 Å². The SMILES string of the molecule is O=C(NCCOc1ccccc1)NC[C@@H](O)c1ccc(-c2ccco2)cc1. The summed E-state index contributed by atoms with van der Waals surface area (Å²) in [5.74, 6) is 1.53. The minimum Gasteiger partial charge on any atom is -0.492 e. The van der Waals surface area contributed by atoms with Crippen LogP contribution in [0.1, 0.15) is 11.7 Å². The number of amides is 2. The van der Waals surface area contributed by atoms with Gasteiger partial charge in [-0.15, -0.1) is 0 Å². The highest BCUT2D eigenvalue weighted by Gasteiger charge is 2.10. The van der Waals surface area contributed by atoms with E-state index in [1.54, 1.807) is 6.26 Å². The third-order valence-corrected chi connectivity index (χ3v) is 3.96. The topological polar surface area (TPSA) is 83.7 Å². The summed E-state index contributed by atoms with van der Waals surface area (Å²) in [6.07, 6.45) is 0.827. The molecule has 0 aliphatic rings. The van der Waals surface area contributed by atoms with Crippen molar-refractivity contribution in [1.29, 1.82) is 0 Å². The Labute approximate surface area is 157 Å². The lowest BCUT2D eigenvalue weighted by molar-refractivity contribution is 0.173. The van der Waals surface area contributed by atoms with Crippen LogP contribution in [-0.2, 0) is 0 Å². The van der Waals surface area contributed by atoms with Crippen LogP contribution >= 0.6 is 0 Å². The van der Waals surface area contributed by atoms with E-state index in [4.69, 9.17) is 9.15 Å². The number of hydrogen-bond acceptors (Lipinski definition) is 4. The zero-order valence-electron chi connectivity index (χ0n) is 14.8. The normalized spacial score (nSPS) is 11.6. The van der Waals surface area contributed by atoms with Crippen LogP contribution in [0, 0.1) is 0 Å². The lowest BCUT2D eigenvalue weighted by Crippen LogP contribution is -2.39. The van der Waals surface area contributed by atoms with Gasteiger partial charge >= 0.3 is 6.03 Å². The van der Waals surface area contributed by atoms with Gasteiger partial charge in [0.1, 0.15) is 18.1 Å². The van der Waals surface area contributed by atoms with E-state index in [9.17, 15) is 9.90 Å². The van der Waals surface area contributed by atoms with Gasteiger partial charge in [-0.3, -0.25) is 0 Å². The molecule has 2 aromatic carbocycles. The lowest BCUT2D eigenvalue weighted by Gasteiger charge is -2.13. The molecule has 140 valence electrons. The third-order valence-electron chi connectivity index (χ3n) is 3.96. The molecule has 1 heterocycles. The van der Waals surface area contributed by atoms with Gasteiger partial charge in [0.25, 0.3) is 0 Å². The van der Waals surface area contributed by atoms with E-state index in [1.807, 2.05) is 66.7 Å². The molecule has 0 radical (unpaired) electrons. The first kappa shape index (κ1) is 18.5. The standard InChI is InChI=1S/C21H22N2O4/c24-19(16-8-10-17(11-9-16)20-7-4-13-27-20)15-23-21(25)22-12-14-26-18-5-2-1-3-6-18/h1-11,13,19,24H,12,14-15H2,(H2,22,23,25)/t19-/m1/s1. The maximum atomic E-state index is 11.8. The van der Waals surface area contributed by atoms with Crippen LogP contribution in [0.25, 0.3) is 11.3 Å². The Bertz CT molecular complexity index is 817. The van der Waals surface area contributed by atoms with Gasteiger partial charge in [-0.2, -0.15) is 0 Å². The molecule has 3 rings (SSSR count). The summed E-state index contributed by atoms with van der Waals surface area (Å²) in [6, 6.07) is 20.1. The van der Waals surface area contributed by atoms with Crippen molar-refractivity contribution in [1.82, 2.24) is 10.6 Å². The van der Waals surface area contributed by atoms with Gasteiger partial charge in [-0.25, -0.2) is 4.79 Å². The van der Waals surface area contributed by atoms with E-state index in [0.29, 0.717) is 13.2 Å². The second-order valence-electron chi connectivity index (χ2n) is 5.91. The Morgan fingerprint density at radius 1 is 1.00 bits per heavy atom. The van der Waals surface area contributed by atoms with Crippen LogP contribution in [0.5, 0.6) is 5.75 Å². The number of nitrogens with one attached hydrogen (secondary N) is 2. The molecule has 6 nitrogen and oxygen atoms in total. The number of benzene rings is 2. The molecule has 0 saturated heterocycles. The summed E-state index contributed by atoms with van der Waals surface area (Å²) < 4.78 is 10.8. The summed E-state index contributed by atoms with van der Waals surface area (Å²) in [5, 5.41) is 15.6. The van der Waals surface area contributed by atoms with Crippen LogP contribution in [0.2, 0.25) is 0 Å². The molecule has 3 aromatic rings. The van der Waals surface area contributed by atoms with E-state index in [-0.39, 0.29) is 12.6 Å². The Morgan fingerprint density at radius 3 is 2.48 bits per heavy atom. The number of para-hydroxylation sites is 1. The molecule has 0 aliphatic carbocycles. The largest absolute Gasteiger partial charge is 0.492 e. The van der Waals surface area contributed by atoms with Gasteiger partial charge in [-0.05, 0) is 29.8 Å². The van der Waals surface area contributed by atoms with Crippen molar-refractivity contribution in [3.8, 4) is 17.1 Å². The summed E-state index contributed by atoms with van der Waals surface area (Å²) >= 11 is 0. The highest BCUT2D eigenvalue weighted by atomic mass is 16.5. The number of aliphatic hydroxyl groups is 1. The number of aliphatic hydroxyl groups excluding tert-OH is 1. The van der Waals surface area contributed by atoms with E-state index in [2.05, 4.69) is 10.6 Å². The number of urea groups is 1. The van der Waals surface area contributed by atoms with E-state index >= 15 is 0 Å². The summed E-state index contributed by atoms with van der Waals surface area (Å²) in [6.45, 7) is 0.856. The molecular formula is C21H22N2O4. The van der Waals surface area contributed by atoms with E-state index in [1.165, 1.54) is 0 Å². The Morgan fingerprint density at radius 2 is 1.78 bits per heavy atom. The molecule has 27 heavy (non-hydrogen) atoms. The lowest BCUT2D eigenvalue weighted by atomic mass is 10.1. The Balaban J connectivity index is 1.37. The molecule has 1 aromatic heterocycles. The molecule has 1 atom stereocenters. The fourth-order valence-electron chi connectivity index (χ4n) is 2.53. The molecule has 0 bridgehead atoms. The Hall–Kier alpha value is -3.25. The fraction of sp³-hybridized carbons (Fsp3) is 0.190. The van der Waals surface area contributed by atoms with Crippen LogP contribution in [0.4, 0.5) is 4.79 Å². The van der Waals surface area contributed by atoms with Crippen molar-refractivity contribution in [3.05, 3.63) is 78.6 Å². The van der Waals surface area contributed by atoms with Crippen LogP contribution < -0.4 is 15.4 Å². The first-order valence-electron chi connectivity index (χ1n) is 8.74. The average molecular weight is 366 g/mol. The maximum absolute atomic E-state index is 11.8. The number of carbonyl (C=O) groups is 1. The second kappa shape index (κ2) is 9.45. The van der Waals surface area contributed by atoms with Crippen molar-refractivity contribution < 1.29 is 19.1 Å². The minimum absolute atomic E-state index is 0.117. The minimum atomic E-state index is -0.790. The van der Waals surface area contributed by atoms with Crippen molar-refractivity contribution in [2.24, 2.45) is 0 Å².